The molecule has 8 nitrogen and oxygen atoms in total. The summed E-state index contributed by atoms with van der Waals surface area (Å²) in [6.45, 7) is 4.26. The van der Waals surface area contributed by atoms with Crippen LogP contribution < -0.4 is 10.2 Å². The van der Waals surface area contributed by atoms with Crippen LogP contribution in [0.15, 0.2) is 4.90 Å². The Hall–Kier alpha value is -1.58. The molecule has 1 N–H and O–H groups in total. The molecule has 0 aromatic carbocycles. The Kier molecular flexibility index (Phi) is 6.02. The molecule has 0 bridgehead atoms. The van der Waals surface area contributed by atoms with Crippen molar-refractivity contribution in [1.82, 2.24) is 9.97 Å². The summed E-state index contributed by atoms with van der Waals surface area (Å²) in [4.78, 5) is 25.6. The number of carbonyl (C=O) groups is 1. The lowest BCUT2D eigenvalue weighted by Crippen LogP contribution is -2.54. The van der Waals surface area contributed by atoms with Crippen molar-refractivity contribution in [1.29, 1.82) is 0 Å². The topological polar surface area (TPSA) is 85.8 Å². The number of carbonyl (C=O) groups excluding carboxylic acids is 1. The van der Waals surface area contributed by atoms with Crippen molar-refractivity contribution in [3.8, 4) is 0 Å². The van der Waals surface area contributed by atoms with E-state index in [0.717, 1.165) is 62.8 Å². The molecule has 4 aliphatic rings. The van der Waals surface area contributed by atoms with Gasteiger partial charge in [-0.2, -0.15) is 4.98 Å². The second-order valence-electron chi connectivity index (χ2n) is 8.62. The first-order chi connectivity index (χ1) is 14.7. The summed E-state index contributed by atoms with van der Waals surface area (Å²) in [5, 5.41) is 3.69. The Labute approximate surface area is 180 Å². The minimum Gasteiger partial charge on any atom is -0.458 e. The highest BCUT2D eigenvalue weighted by Gasteiger charge is 2.39. The summed E-state index contributed by atoms with van der Waals surface area (Å²) in [5.41, 5.74) is 1.18. The van der Waals surface area contributed by atoms with Crippen molar-refractivity contribution < 1.29 is 19.0 Å². The molecule has 4 aliphatic heterocycles. The van der Waals surface area contributed by atoms with Gasteiger partial charge < -0.3 is 24.4 Å². The van der Waals surface area contributed by atoms with Gasteiger partial charge in [0, 0.05) is 49.8 Å². The maximum atomic E-state index is 12.4. The molecular formula is C21H31N4O4S+. The average Bonchev–Trinajstić information content (AvgIpc) is 3.12. The number of hydrogen-bond donors (Lipinski definition) is 1. The number of nitrogens with one attached hydrogen (secondary N) is 1. The third kappa shape index (κ3) is 4.24. The van der Waals surface area contributed by atoms with Gasteiger partial charge in [-0.25, -0.2) is 4.98 Å². The van der Waals surface area contributed by atoms with Gasteiger partial charge in [-0.1, -0.05) is 0 Å². The molecular weight excluding hydrogens is 404 g/mol. The molecule has 5 rings (SSSR count). The molecule has 30 heavy (non-hydrogen) atoms. The molecule has 1 unspecified atom stereocenters. The van der Waals surface area contributed by atoms with Gasteiger partial charge in [0.05, 0.1) is 19.0 Å². The van der Waals surface area contributed by atoms with Crippen LogP contribution in [-0.2, 0) is 36.3 Å². The Bertz CT molecular complexity index is 777. The first-order valence-corrected chi connectivity index (χ1v) is 12.9. The van der Waals surface area contributed by atoms with Crippen LogP contribution in [0.25, 0.3) is 0 Å². The number of rotatable bonds is 5. The second-order valence-corrected chi connectivity index (χ2v) is 10.7. The zero-order valence-electron chi connectivity index (χ0n) is 17.6. The van der Waals surface area contributed by atoms with Crippen molar-refractivity contribution in [2.24, 2.45) is 5.92 Å². The Balaban J connectivity index is 1.24. The first-order valence-electron chi connectivity index (χ1n) is 11.1. The minimum absolute atomic E-state index is 0.0122. The number of anilines is 2. The zero-order chi connectivity index (χ0) is 20.5. The van der Waals surface area contributed by atoms with Crippen LogP contribution in [0.3, 0.4) is 0 Å². The van der Waals surface area contributed by atoms with E-state index in [2.05, 4.69) is 16.5 Å². The number of aromatic nitrogens is 2. The molecule has 0 amide bonds. The summed E-state index contributed by atoms with van der Waals surface area (Å²) in [7, 11) is 0.196. The monoisotopic (exact) mass is 435 g/mol. The van der Waals surface area contributed by atoms with Gasteiger partial charge >= 0.3 is 5.97 Å². The van der Waals surface area contributed by atoms with E-state index in [-0.39, 0.29) is 28.9 Å². The van der Waals surface area contributed by atoms with Crippen LogP contribution >= 0.6 is 0 Å². The van der Waals surface area contributed by atoms with Crippen LogP contribution in [0, 0.1) is 5.92 Å². The van der Waals surface area contributed by atoms with E-state index in [9.17, 15) is 4.79 Å². The lowest BCUT2D eigenvalue weighted by Gasteiger charge is -2.39. The van der Waals surface area contributed by atoms with Crippen LogP contribution in [0.4, 0.5) is 11.8 Å². The molecule has 1 aromatic heterocycles. The molecule has 3 fully saturated rings. The Morgan fingerprint density at radius 1 is 1.10 bits per heavy atom. The number of nitrogens with zero attached hydrogens (tertiary/aromatic N) is 3. The molecule has 9 heteroatoms. The number of aryl methyl sites for hydroxylation is 1. The molecule has 0 radical (unpaired) electrons. The fraction of sp³-hybridized carbons (Fsp3) is 0.762. The lowest BCUT2D eigenvalue weighted by molar-refractivity contribution is -0.158. The molecule has 0 spiro atoms. The highest BCUT2D eigenvalue weighted by molar-refractivity contribution is 7.96. The summed E-state index contributed by atoms with van der Waals surface area (Å²) < 4.78 is 16.6. The van der Waals surface area contributed by atoms with Crippen LogP contribution in [0.5, 0.6) is 0 Å². The highest BCUT2D eigenvalue weighted by atomic mass is 32.2. The summed E-state index contributed by atoms with van der Waals surface area (Å²) >= 11 is 0. The molecule has 0 saturated carbocycles. The predicted octanol–water partition coefficient (Wildman–Crippen LogP) is 1.39. The van der Waals surface area contributed by atoms with Gasteiger partial charge in [0.2, 0.25) is 10.8 Å². The quantitative estimate of drug-likeness (QED) is 0.549. The van der Waals surface area contributed by atoms with Gasteiger partial charge in [0.25, 0.3) is 0 Å². The van der Waals surface area contributed by atoms with Gasteiger partial charge in [0.1, 0.15) is 23.8 Å². The fourth-order valence-corrected chi connectivity index (χ4v) is 6.20. The molecule has 1 aromatic rings. The largest absolute Gasteiger partial charge is 0.458 e. The van der Waals surface area contributed by atoms with E-state index in [0.29, 0.717) is 32.3 Å². The number of fused-ring (bicyclic) bond motifs is 1. The van der Waals surface area contributed by atoms with Crippen molar-refractivity contribution in [3.05, 3.63) is 5.69 Å². The Morgan fingerprint density at radius 2 is 1.80 bits per heavy atom. The maximum absolute atomic E-state index is 12.4. The van der Waals surface area contributed by atoms with Gasteiger partial charge in [-0.3, -0.25) is 4.79 Å². The number of esters is 1. The SMILES string of the molecule is C[S+]1CCc2nc(N3CC(OC(=O)C4CCOCC4)C3)nc(NC3CCOCC3)c21. The highest BCUT2D eigenvalue weighted by Crippen LogP contribution is 2.34. The normalized spacial score (nSPS) is 25.6. The third-order valence-electron chi connectivity index (χ3n) is 6.45. The summed E-state index contributed by atoms with van der Waals surface area (Å²) in [5.74, 6) is 2.84. The fourth-order valence-electron chi connectivity index (χ4n) is 4.52. The molecule has 164 valence electrons. The van der Waals surface area contributed by atoms with Crippen LogP contribution in [0.2, 0.25) is 0 Å². The van der Waals surface area contributed by atoms with E-state index in [1.165, 1.54) is 10.6 Å². The van der Waals surface area contributed by atoms with E-state index in [1.54, 1.807) is 0 Å². The van der Waals surface area contributed by atoms with Crippen molar-refractivity contribution in [3.63, 3.8) is 0 Å². The lowest BCUT2D eigenvalue weighted by atomic mass is 10.0. The van der Waals surface area contributed by atoms with E-state index in [1.807, 2.05) is 0 Å². The van der Waals surface area contributed by atoms with Gasteiger partial charge in [-0.15, -0.1) is 0 Å². The van der Waals surface area contributed by atoms with E-state index < -0.39 is 0 Å². The molecule has 5 heterocycles. The van der Waals surface area contributed by atoms with Gasteiger partial charge in [-0.05, 0) is 25.7 Å². The minimum atomic E-state index is -0.0743. The van der Waals surface area contributed by atoms with E-state index >= 15 is 0 Å². The smallest absolute Gasteiger partial charge is 0.309 e. The van der Waals surface area contributed by atoms with Crippen LogP contribution in [-0.4, -0.2) is 79.6 Å². The van der Waals surface area contributed by atoms with Crippen molar-refractivity contribution in [2.45, 2.75) is 49.1 Å². The van der Waals surface area contributed by atoms with Gasteiger partial charge in [0.15, 0.2) is 5.82 Å². The Morgan fingerprint density at radius 3 is 2.53 bits per heavy atom. The van der Waals surface area contributed by atoms with E-state index in [4.69, 9.17) is 24.2 Å². The van der Waals surface area contributed by atoms with Crippen LogP contribution in [0.1, 0.15) is 31.4 Å². The predicted molar refractivity (Wildman–Crippen MR) is 115 cm³/mol. The standard InChI is InChI=1S/C21H31N4O4S/c1-30-11-6-17-18(30)19(22-15-4-9-28-10-5-15)24-21(23-17)25-12-16(13-25)29-20(26)14-2-7-27-8-3-14/h14-16H,2-13H2,1H3,(H,22,23,24)/q+1. The van der Waals surface area contributed by atoms with Crippen molar-refractivity contribution in [2.75, 3.05) is 61.7 Å². The average molecular weight is 436 g/mol. The third-order valence-corrected chi connectivity index (χ3v) is 8.39. The number of ether oxygens (including phenoxy) is 3. The summed E-state index contributed by atoms with van der Waals surface area (Å²) in [6, 6.07) is 0.410. The zero-order valence-corrected chi connectivity index (χ0v) is 18.4. The molecule has 3 saturated heterocycles. The first kappa shape index (κ1) is 20.3. The number of hydrogen-bond acceptors (Lipinski definition) is 8. The second kappa shape index (κ2) is 8.88. The molecule has 1 atom stereocenters. The summed E-state index contributed by atoms with van der Waals surface area (Å²) in [6.07, 6.45) is 6.80. The molecule has 0 aliphatic carbocycles. The van der Waals surface area contributed by atoms with Crippen molar-refractivity contribution >= 4 is 28.6 Å². The maximum Gasteiger partial charge on any atom is 0.309 e.